The Labute approximate surface area is 33.6 Å². The summed E-state index contributed by atoms with van der Waals surface area (Å²) in [6, 6.07) is -0.574. The fourth-order valence-corrected chi connectivity index (χ4v) is 0.153. The van der Waals surface area contributed by atoms with Gasteiger partial charge in [-0.05, 0) is 0 Å². The SMILES string of the molecule is O=C1N=[C]N=N1. The first-order valence-corrected chi connectivity index (χ1v) is 1.30. The summed E-state index contributed by atoms with van der Waals surface area (Å²) in [6.07, 6.45) is 2.01. The van der Waals surface area contributed by atoms with Crippen molar-refractivity contribution in [1.29, 1.82) is 0 Å². The average molecular weight is 82.0 g/mol. The lowest BCUT2D eigenvalue weighted by molar-refractivity contribution is 0.257. The van der Waals surface area contributed by atoms with Gasteiger partial charge in [-0.2, -0.15) is 4.99 Å². The fraction of sp³-hybridized carbons (Fsp3) is 0. The van der Waals surface area contributed by atoms with Crippen LogP contribution in [0.15, 0.2) is 15.2 Å². The Morgan fingerprint density at radius 1 is 1.67 bits per heavy atom. The number of nitrogens with zero attached hydrogens (tertiary/aromatic N) is 3. The van der Waals surface area contributed by atoms with Crippen molar-refractivity contribution in [2.24, 2.45) is 15.2 Å². The number of rotatable bonds is 0. The number of aliphatic imine (C=N–C) groups is 1. The summed E-state index contributed by atoms with van der Waals surface area (Å²) in [5.41, 5.74) is 0. The van der Waals surface area contributed by atoms with Gasteiger partial charge in [0.25, 0.3) is 0 Å². The summed E-state index contributed by atoms with van der Waals surface area (Å²) < 4.78 is 0. The summed E-state index contributed by atoms with van der Waals surface area (Å²) in [7, 11) is 0. The van der Waals surface area contributed by atoms with E-state index in [0.717, 1.165) is 0 Å². The predicted molar refractivity (Wildman–Crippen MR) is 17.7 cm³/mol. The van der Waals surface area contributed by atoms with Crippen molar-refractivity contribution in [2.45, 2.75) is 0 Å². The Kier molecular flexibility index (Phi) is 0.506. The van der Waals surface area contributed by atoms with Gasteiger partial charge in [-0.25, -0.2) is 4.79 Å². The lowest BCUT2D eigenvalue weighted by Gasteiger charge is -1.58. The van der Waals surface area contributed by atoms with Crippen LogP contribution in [0.1, 0.15) is 0 Å². The first kappa shape index (κ1) is 3.14. The minimum absolute atomic E-state index is 0.574. The molecule has 0 saturated carbocycles. The van der Waals surface area contributed by atoms with Crippen LogP contribution in [0.2, 0.25) is 0 Å². The molecule has 1 aliphatic heterocycles. The maximum Gasteiger partial charge on any atom is 0.387 e. The quantitative estimate of drug-likeness (QED) is 0.419. The van der Waals surface area contributed by atoms with Crippen LogP contribution >= 0.6 is 0 Å². The highest BCUT2D eigenvalue weighted by Gasteiger charge is 1.95. The van der Waals surface area contributed by atoms with Crippen LogP contribution in [0.25, 0.3) is 0 Å². The molecule has 4 nitrogen and oxygen atoms in total. The highest BCUT2D eigenvalue weighted by atomic mass is 16.2. The van der Waals surface area contributed by atoms with Crippen LogP contribution in [0.3, 0.4) is 0 Å². The van der Waals surface area contributed by atoms with Gasteiger partial charge in [0.15, 0.2) is 0 Å². The number of urea groups is 1. The van der Waals surface area contributed by atoms with Crippen LogP contribution in [0, 0.1) is 0 Å². The standard InChI is InChI=1S/C2N3O/c6-2-3-1-4-5-2. The van der Waals surface area contributed by atoms with Gasteiger partial charge >= 0.3 is 6.03 Å². The van der Waals surface area contributed by atoms with Gasteiger partial charge in [0.05, 0.1) is 0 Å². The highest BCUT2D eigenvalue weighted by Crippen LogP contribution is 1.87. The monoisotopic (exact) mass is 82.0 g/mol. The summed E-state index contributed by atoms with van der Waals surface area (Å²) in [5, 5.41) is 5.97. The number of hydrogen-bond acceptors (Lipinski definition) is 2. The number of azo groups is 1. The molecular formula is C2N3O. The second kappa shape index (κ2) is 0.965. The van der Waals surface area contributed by atoms with E-state index in [-0.39, 0.29) is 0 Å². The van der Waals surface area contributed by atoms with Crippen molar-refractivity contribution in [3.05, 3.63) is 0 Å². The molecule has 4 heteroatoms. The molecule has 1 heterocycles. The van der Waals surface area contributed by atoms with Gasteiger partial charge in [-0.1, -0.05) is 5.11 Å². The van der Waals surface area contributed by atoms with Crippen molar-refractivity contribution in [2.75, 3.05) is 0 Å². The van der Waals surface area contributed by atoms with Crippen molar-refractivity contribution < 1.29 is 4.79 Å². The molecule has 0 N–H and O–H groups in total. The number of hydrogen-bond donors (Lipinski definition) is 0. The van der Waals surface area contributed by atoms with Gasteiger partial charge in [-0.3, -0.25) is 0 Å². The van der Waals surface area contributed by atoms with Crippen LogP contribution in [-0.2, 0) is 0 Å². The van der Waals surface area contributed by atoms with Crippen molar-refractivity contribution >= 4 is 12.4 Å². The lowest BCUT2D eigenvalue weighted by atomic mass is 11.1. The molecule has 0 spiro atoms. The first-order valence-electron chi connectivity index (χ1n) is 1.30. The molecule has 0 aromatic rings. The van der Waals surface area contributed by atoms with Gasteiger partial charge < -0.3 is 0 Å². The molecule has 1 radical (unpaired) electrons. The lowest BCUT2D eigenvalue weighted by Crippen LogP contribution is -1.70. The van der Waals surface area contributed by atoms with E-state index >= 15 is 0 Å². The third-order valence-electron chi connectivity index (χ3n) is 0.326. The second-order valence-corrected chi connectivity index (χ2v) is 0.694. The van der Waals surface area contributed by atoms with Crippen LogP contribution in [-0.4, -0.2) is 12.4 Å². The van der Waals surface area contributed by atoms with E-state index in [9.17, 15) is 4.79 Å². The molecule has 6 heavy (non-hydrogen) atoms. The minimum atomic E-state index is -0.574. The molecule has 29 valence electrons. The van der Waals surface area contributed by atoms with Gasteiger partial charge in [0.2, 0.25) is 6.34 Å². The molecule has 1 rings (SSSR count). The maximum atomic E-state index is 9.75. The topological polar surface area (TPSA) is 54.1 Å². The van der Waals surface area contributed by atoms with Gasteiger partial charge in [-0.15, -0.1) is 5.11 Å². The maximum absolute atomic E-state index is 9.75. The van der Waals surface area contributed by atoms with E-state index < -0.39 is 6.03 Å². The van der Waals surface area contributed by atoms with E-state index in [0.29, 0.717) is 0 Å². The molecule has 0 fully saturated rings. The molecule has 0 saturated heterocycles. The summed E-state index contributed by atoms with van der Waals surface area (Å²) in [5.74, 6) is 0. The summed E-state index contributed by atoms with van der Waals surface area (Å²) >= 11 is 0. The predicted octanol–water partition coefficient (Wildman–Crippen LogP) is 0.478. The molecule has 2 amide bonds. The van der Waals surface area contributed by atoms with Crippen molar-refractivity contribution in [3.63, 3.8) is 0 Å². The number of carbonyl (C=O) groups excluding carboxylic acids is 1. The molecule has 0 bridgehead atoms. The van der Waals surface area contributed by atoms with Gasteiger partial charge in [0, 0.05) is 0 Å². The highest BCUT2D eigenvalue weighted by molar-refractivity contribution is 5.87. The summed E-state index contributed by atoms with van der Waals surface area (Å²) in [4.78, 5) is 12.8. The third-order valence-corrected chi connectivity index (χ3v) is 0.326. The van der Waals surface area contributed by atoms with Crippen molar-refractivity contribution in [3.8, 4) is 0 Å². The molecule has 1 aliphatic rings. The van der Waals surface area contributed by atoms with Crippen molar-refractivity contribution in [1.82, 2.24) is 0 Å². The molecule has 0 aromatic heterocycles. The number of amides is 2. The minimum Gasteiger partial charge on any atom is -0.242 e. The Morgan fingerprint density at radius 3 is 2.67 bits per heavy atom. The first-order chi connectivity index (χ1) is 2.89. The zero-order valence-corrected chi connectivity index (χ0v) is 2.75. The van der Waals surface area contributed by atoms with Crippen LogP contribution in [0.4, 0.5) is 4.79 Å². The molecule has 0 aliphatic carbocycles. The molecule has 0 atom stereocenters. The Hall–Kier alpha value is -1.06. The Morgan fingerprint density at radius 2 is 2.50 bits per heavy atom. The normalized spacial score (nSPS) is 17.0. The Balaban J connectivity index is 2.86. The molecule has 0 aromatic carbocycles. The molecule has 0 unspecified atom stereocenters. The van der Waals surface area contributed by atoms with E-state index in [4.69, 9.17) is 0 Å². The zero-order valence-electron chi connectivity index (χ0n) is 2.75. The number of carbonyl (C=O) groups is 1. The van der Waals surface area contributed by atoms with E-state index in [1.807, 2.05) is 6.34 Å². The van der Waals surface area contributed by atoms with E-state index in [1.165, 1.54) is 0 Å². The zero-order chi connectivity index (χ0) is 4.41. The fourth-order valence-electron chi connectivity index (χ4n) is 0.153. The summed E-state index contributed by atoms with van der Waals surface area (Å²) in [6.45, 7) is 0. The largest absolute Gasteiger partial charge is 0.387 e. The smallest absolute Gasteiger partial charge is 0.242 e. The second-order valence-electron chi connectivity index (χ2n) is 0.694. The van der Waals surface area contributed by atoms with Crippen LogP contribution in [0.5, 0.6) is 0 Å². The van der Waals surface area contributed by atoms with Crippen LogP contribution < -0.4 is 0 Å². The van der Waals surface area contributed by atoms with Gasteiger partial charge in [0.1, 0.15) is 0 Å². The third kappa shape index (κ3) is 0.314. The van der Waals surface area contributed by atoms with E-state index in [2.05, 4.69) is 15.2 Å². The van der Waals surface area contributed by atoms with E-state index in [1.54, 1.807) is 0 Å². The molecular weight excluding hydrogens is 82.0 g/mol. The Bertz CT molecular complexity index is 111. The average Bonchev–Trinajstić information content (AvgIpc) is 1.86.